The van der Waals surface area contributed by atoms with E-state index in [-0.39, 0.29) is 17.6 Å². The second kappa shape index (κ2) is 6.51. The summed E-state index contributed by atoms with van der Waals surface area (Å²) in [5.41, 5.74) is 2.03. The van der Waals surface area contributed by atoms with Crippen LogP contribution in [0.2, 0.25) is 0 Å². The lowest BCUT2D eigenvalue weighted by molar-refractivity contribution is -0.130. The zero-order valence-corrected chi connectivity index (χ0v) is 13.3. The highest BCUT2D eigenvalue weighted by atomic mass is 16.2. The Balaban J connectivity index is 1.61. The molecule has 4 nitrogen and oxygen atoms in total. The summed E-state index contributed by atoms with van der Waals surface area (Å²) in [5.74, 6) is 0.408. The minimum Gasteiger partial charge on any atom is -0.372 e. The number of piperidine rings is 1. The van der Waals surface area contributed by atoms with Gasteiger partial charge < -0.3 is 9.80 Å². The van der Waals surface area contributed by atoms with Crippen LogP contribution < -0.4 is 4.90 Å². The number of ketones is 1. The van der Waals surface area contributed by atoms with E-state index < -0.39 is 0 Å². The first-order valence-electron chi connectivity index (χ1n) is 8.30. The third-order valence-electron chi connectivity index (χ3n) is 4.93. The minimum atomic E-state index is 0.0632. The first kappa shape index (κ1) is 15.1. The van der Waals surface area contributed by atoms with Crippen LogP contribution in [0, 0.1) is 5.92 Å². The van der Waals surface area contributed by atoms with Crippen LogP contribution in [-0.2, 0) is 4.79 Å². The molecule has 4 heteroatoms. The van der Waals surface area contributed by atoms with Gasteiger partial charge in [-0.1, -0.05) is 0 Å². The van der Waals surface area contributed by atoms with Crippen molar-refractivity contribution in [3.63, 3.8) is 0 Å². The smallest absolute Gasteiger partial charge is 0.219 e. The van der Waals surface area contributed by atoms with Gasteiger partial charge in [-0.15, -0.1) is 0 Å². The molecule has 0 unspecified atom stereocenters. The molecule has 2 aliphatic rings. The molecule has 0 aliphatic carbocycles. The van der Waals surface area contributed by atoms with Crippen molar-refractivity contribution in [2.75, 3.05) is 31.1 Å². The van der Waals surface area contributed by atoms with Crippen LogP contribution in [0.3, 0.4) is 0 Å². The number of Topliss-reactive ketones (excluding diaryl/α,β-unsaturated/α-hetero) is 1. The third kappa shape index (κ3) is 3.16. The van der Waals surface area contributed by atoms with Gasteiger partial charge in [0.05, 0.1) is 0 Å². The highest BCUT2D eigenvalue weighted by Crippen LogP contribution is 2.25. The Morgan fingerprint density at radius 1 is 0.955 bits per heavy atom. The molecule has 0 bridgehead atoms. The second-order valence-electron chi connectivity index (χ2n) is 6.39. The van der Waals surface area contributed by atoms with Crippen molar-refractivity contribution in [2.24, 2.45) is 5.92 Å². The predicted octanol–water partition coefficient (Wildman–Crippen LogP) is 2.73. The van der Waals surface area contributed by atoms with Crippen molar-refractivity contribution in [1.29, 1.82) is 0 Å². The van der Waals surface area contributed by atoms with Crippen LogP contribution in [-0.4, -0.2) is 42.8 Å². The lowest BCUT2D eigenvalue weighted by Crippen LogP contribution is -2.39. The Hall–Kier alpha value is -1.84. The highest BCUT2D eigenvalue weighted by molar-refractivity contribution is 5.98. The largest absolute Gasteiger partial charge is 0.372 e. The zero-order chi connectivity index (χ0) is 15.5. The molecule has 3 rings (SSSR count). The van der Waals surface area contributed by atoms with Gasteiger partial charge in [-0.05, 0) is 49.9 Å². The van der Waals surface area contributed by atoms with Gasteiger partial charge in [0.25, 0.3) is 0 Å². The number of hydrogen-bond acceptors (Lipinski definition) is 3. The topological polar surface area (TPSA) is 40.6 Å². The summed E-state index contributed by atoms with van der Waals surface area (Å²) in [4.78, 5) is 28.1. The van der Waals surface area contributed by atoms with E-state index in [0.717, 1.165) is 31.5 Å². The molecule has 0 radical (unpaired) electrons. The van der Waals surface area contributed by atoms with Gasteiger partial charge in [0.15, 0.2) is 5.78 Å². The van der Waals surface area contributed by atoms with Crippen LogP contribution in [0.1, 0.15) is 43.0 Å². The van der Waals surface area contributed by atoms with E-state index in [1.165, 1.54) is 18.5 Å². The lowest BCUT2D eigenvalue weighted by atomic mass is 9.89. The number of anilines is 1. The van der Waals surface area contributed by atoms with Crippen molar-refractivity contribution in [3.05, 3.63) is 29.8 Å². The second-order valence-corrected chi connectivity index (χ2v) is 6.39. The summed E-state index contributed by atoms with van der Waals surface area (Å²) in [6.07, 6.45) is 4.09. The zero-order valence-electron chi connectivity index (χ0n) is 13.3. The highest BCUT2D eigenvalue weighted by Gasteiger charge is 2.26. The summed E-state index contributed by atoms with van der Waals surface area (Å²) in [7, 11) is 0. The van der Waals surface area contributed by atoms with Crippen molar-refractivity contribution in [2.45, 2.75) is 32.6 Å². The molecule has 0 saturated carbocycles. The number of rotatable bonds is 3. The monoisotopic (exact) mass is 300 g/mol. The van der Waals surface area contributed by atoms with Gasteiger partial charge in [-0.25, -0.2) is 0 Å². The maximum absolute atomic E-state index is 12.6. The van der Waals surface area contributed by atoms with E-state index in [4.69, 9.17) is 0 Å². The lowest BCUT2D eigenvalue weighted by Gasteiger charge is -2.30. The third-order valence-corrected chi connectivity index (χ3v) is 4.93. The standard InChI is InChI=1S/C18H24N2O2/c1-14(21)19-12-8-16(9-13-19)18(22)15-4-6-17(7-5-15)20-10-2-3-11-20/h4-7,16H,2-3,8-13H2,1H3. The van der Waals surface area contributed by atoms with Crippen molar-refractivity contribution in [1.82, 2.24) is 4.90 Å². The fraction of sp³-hybridized carbons (Fsp3) is 0.556. The number of hydrogen-bond donors (Lipinski definition) is 0. The summed E-state index contributed by atoms with van der Waals surface area (Å²) < 4.78 is 0. The average molecular weight is 300 g/mol. The van der Waals surface area contributed by atoms with Crippen LogP contribution >= 0.6 is 0 Å². The van der Waals surface area contributed by atoms with Crippen LogP contribution in [0.15, 0.2) is 24.3 Å². The number of carbonyl (C=O) groups excluding carboxylic acids is 2. The quantitative estimate of drug-likeness (QED) is 0.806. The van der Waals surface area contributed by atoms with Crippen LogP contribution in [0.5, 0.6) is 0 Å². The molecule has 2 aliphatic heterocycles. The van der Waals surface area contributed by atoms with Gasteiger partial charge in [-0.3, -0.25) is 9.59 Å². The summed E-state index contributed by atoms with van der Waals surface area (Å²) in [6.45, 7) is 5.25. The van der Waals surface area contributed by atoms with Gasteiger partial charge in [0.2, 0.25) is 5.91 Å². The van der Waals surface area contributed by atoms with Gasteiger partial charge in [-0.2, -0.15) is 0 Å². The maximum Gasteiger partial charge on any atom is 0.219 e. The van der Waals surface area contributed by atoms with Gasteiger partial charge in [0.1, 0.15) is 0 Å². The van der Waals surface area contributed by atoms with E-state index in [1.807, 2.05) is 17.0 Å². The summed E-state index contributed by atoms with van der Waals surface area (Å²) in [5, 5.41) is 0. The molecular formula is C18H24N2O2. The maximum atomic E-state index is 12.6. The Bertz CT molecular complexity index is 539. The SMILES string of the molecule is CC(=O)N1CCC(C(=O)c2ccc(N3CCCC3)cc2)CC1. The van der Waals surface area contributed by atoms with Crippen LogP contribution in [0.25, 0.3) is 0 Å². The molecule has 118 valence electrons. The molecule has 0 spiro atoms. The average Bonchev–Trinajstić information content (AvgIpc) is 3.09. The number of carbonyl (C=O) groups is 2. The van der Waals surface area contributed by atoms with E-state index in [2.05, 4.69) is 17.0 Å². The Labute approximate surface area is 132 Å². The number of likely N-dealkylation sites (tertiary alicyclic amines) is 1. The first-order chi connectivity index (χ1) is 10.6. The van der Waals surface area contributed by atoms with Crippen molar-refractivity contribution >= 4 is 17.4 Å². The van der Waals surface area contributed by atoms with Gasteiger partial charge >= 0.3 is 0 Å². The summed E-state index contributed by atoms with van der Waals surface area (Å²) in [6, 6.07) is 8.08. The Morgan fingerprint density at radius 2 is 1.55 bits per heavy atom. The normalized spacial score (nSPS) is 19.5. The number of amides is 1. The van der Waals surface area contributed by atoms with E-state index in [0.29, 0.717) is 13.1 Å². The summed E-state index contributed by atoms with van der Waals surface area (Å²) >= 11 is 0. The fourth-order valence-electron chi connectivity index (χ4n) is 3.50. The van der Waals surface area contributed by atoms with E-state index in [1.54, 1.807) is 6.92 Å². The van der Waals surface area contributed by atoms with Crippen molar-refractivity contribution < 1.29 is 9.59 Å². The predicted molar refractivity (Wildman–Crippen MR) is 87.2 cm³/mol. The van der Waals surface area contributed by atoms with Crippen LogP contribution in [0.4, 0.5) is 5.69 Å². The van der Waals surface area contributed by atoms with E-state index >= 15 is 0 Å². The molecule has 0 N–H and O–H groups in total. The molecule has 2 saturated heterocycles. The van der Waals surface area contributed by atoms with Crippen molar-refractivity contribution in [3.8, 4) is 0 Å². The molecule has 2 heterocycles. The first-order valence-corrected chi connectivity index (χ1v) is 8.30. The molecule has 22 heavy (non-hydrogen) atoms. The fourth-order valence-corrected chi connectivity index (χ4v) is 3.50. The Kier molecular flexibility index (Phi) is 4.46. The Morgan fingerprint density at radius 3 is 2.09 bits per heavy atom. The molecule has 0 aromatic heterocycles. The molecular weight excluding hydrogens is 276 g/mol. The minimum absolute atomic E-state index is 0.0632. The molecule has 0 atom stereocenters. The molecule has 1 aromatic rings. The van der Waals surface area contributed by atoms with E-state index in [9.17, 15) is 9.59 Å². The molecule has 2 fully saturated rings. The number of benzene rings is 1. The number of nitrogens with zero attached hydrogens (tertiary/aromatic N) is 2. The molecule has 1 amide bonds. The van der Waals surface area contributed by atoms with Gasteiger partial charge in [0, 0.05) is 50.3 Å². The molecule has 1 aromatic carbocycles.